The Morgan fingerprint density at radius 2 is 1.91 bits per heavy atom. The lowest BCUT2D eigenvalue weighted by atomic mass is 10.1. The van der Waals surface area contributed by atoms with Gasteiger partial charge < -0.3 is 18.8 Å². The summed E-state index contributed by atoms with van der Waals surface area (Å²) in [6, 6.07) is 15.0. The first-order valence-electron chi connectivity index (χ1n) is 10.2. The Kier molecular flexibility index (Phi) is 5.30. The number of Topliss-reactive ketones (excluding diaryl/α,β-unsaturated/α-hetero) is 1. The zero-order valence-electron chi connectivity index (χ0n) is 17.9. The van der Waals surface area contributed by atoms with Gasteiger partial charge in [-0.1, -0.05) is 17.7 Å². The lowest BCUT2D eigenvalue weighted by molar-refractivity contribution is 0.101. The van der Waals surface area contributed by atoms with Gasteiger partial charge in [-0.15, -0.1) is 0 Å². The van der Waals surface area contributed by atoms with Gasteiger partial charge in [-0.3, -0.25) is 4.79 Å². The molecule has 0 radical (unpaired) electrons. The van der Waals surface area contributed by atoms with Crippen LogP contribution in [0.4, 0.5) is 4.39 Å². The molecule has 2 heterocycles. The topological polar surface area (TPSA) is 49.7 Å². The summed E-state index contributed by atoms with van der Waals surface area (Å²) in [7, 11) is 3.56. The maximum Gasteiger partial charge on any atom is 0.231 e. The number of hydrogen-bond acceptors (Lipinski definition) is 4. The van der Waals surface area contributed by atoms with Crippen molar-refractivity contribution in [3.63, 3.8) is 0 Å². The Balaban J connectivity index is 1.40. The van der Waals surface area contributed by atoms with Crippen molar-refractivity contribution >= 4 is 34.4 Å². The molecule has 33 heavy (non-hydrogen) atoms. The molecule has 1 aliphatic rings. The second-order valence-electron chi connectivity index (χ2n) is 7.70. The molecule has 166 valence electrons. The minimum atomic E-state index is -0.405. The van der Waals surface area contributed by atoms with E-state index < -0.39 is 5.82 Å². The zero-order chi connectivity index (χ0) is 23.1. The van der Waals surface area contributed by atoms with Crippen LogP contribution in [0.1, 0.15) is 21.5 Å². The van der Waals surface area contributed by atoms with E-state index in [0.717, 1.165) is 22.2 Å². The van der Waals surface area contributed by atoms with Crippen LogP contribution in [0.3, 0.4) is 0 Å². The van der Waals surface area contributed by atoms with Crippen molar-refractivity contribution in [1.82, 2.24) is 4.57 Å². The summed E-state index contributed by atoms with van der Waals surface area (Å²) in [4.78, 5) is 12.9. The first kappa shape index (κ1) is 21.1. The summed E-state index contributed by atoms with van der Waals surface area (Å²) >= 11 is 6.06. The lowest BCUT2D eigenvalue weighted by Gasteiger charge is -2.08. The fourth-order valence-electron chi connectivity index (χ4n) is 3.84. The van der Waals surface area contributed by atoms with E-state index in [1.54, 1.807) is 37.5 Å². The third kappa shape index (κ3) is 3.94. The van der Waals surface area contributed by atoms with Gasteiger partial charge in [0.05, 0.1) is 17.7 Å². The number of allylic oxidation sites excluding steroid dienone is 1. The van der Waals surface area contributed by atoms with Crippen LogP contribution in [0.25, 0.3) is 17.0 Å². The number of ether oxygens (including phenoxy) is 3. The molecule has 1 aromatic heterocycles. The first-order valence-corrected chi connectivity index (χ1v) is 10.6. The Bertz CT molecular complexity index is 1440. The van der Waals surface area contributed by atoms with E-state index in [9.17, 15) is 9.18 Å². The monoisotopic (exact) mass is 463 g/mol. The summed E-state index contributed by atoms with van der Waals surface area (Å²) in [5, 5.41) is 1.25. The summed E-state index contributed by atoms with van der Waals surface area (Å²) in [5.41, 5.74) is 2.99. The summed E-state index contributed by atoms with van der Waals surface area (Å²) in [5.74, 6) is 1.30. The van der Waals surface area contributed by atoms with Crippen LogP contribution >= 0.6 is 11.6 Å². The van der Waals surface area contributed by atoms with Crippen molar-refractivity contribution in [2.24, 2.45) is 7.05 Å². The Morgan fingerprint density at radius 1 is 1.09 bits per heavy atom. The average Bonchev–Trinajstić information content (AvgIpc) is 3.28. The summed E-state index contributed by atoms with van der Waals surface area (Å²) < 4.78 is 32.2. The number of benzene rings is 3. The van der Waals surface area contributed by atoms with Crippen molar-refractivity contribution < 1.29 is 23.4 Å². The van der Waals surface area contributed by atoms with Gasteiger partial charge in [0.25, 0.3) is 0 Å². The molecule has 4 aromatic rings. The summed E-state index contributed by atoms with van der Waals surface area (Å²) in [6.45, 7) is 0.159. The molecule has 0 amide bonds. The normalized spacial score (nSPS) is 13.9. The smallest absolute Gasteiger partial charge is 0.231 e. The van der Waals surface area contributed by atoms with Crippen LogP contribution in [0.2, 0.25) is 5.02 Å². The van der Waals surface area contributed by atoms with Crippen molar-refractivity contribution in [2.45, 2.75) is 6.61 Å². The number of aryl methyl sites for hydroxylation is 1. The highest BCUT2D eigenvalue weighted by Crippen LogP contribution is 2.36. The van der Waals surface area contributed by atoms with E-state index in [1.807, 2.05) is 36.0 Å². The van der Waals surface area contributed by atoms with Crippen LogP contribution < -0.4 is 14.2 Å². The molecule has 0 atom stereocenters. The minimum absolute atomic E-state index is 0.159. The number of fused-ring (bicyclic) bond motifs is 2. The highest BCUT2D eigenvalue weighted by Gasteiger charge is 2.28. The molecule has 0 unspecified atom stereocenters. The fourth-order valence-corrected chi connectivity index (χ4v) is 4.06. The van der Waals surface area contributed by atoms with Crippen molar-refractivity contribution in [1.29, 1.82) is 0 Å². The Labute approximate surface area is 194 Å². The van der Waals surface area contributed by atoms with Gasteiger partial charge in [0.1, 0.15) is 29.7 Å². The van der Waals surface area contributed by atoms with Gasteiger partial charge in [-0.05, 0) is 48.5 Å². The molecule has 0 saturated heterocycles. The molecular weight excluding hydrogens is 445 g/mol. The van der Waals surface area contributed by atoms with Gasteiger partial charge in [0, 0.05) is 41.3 Å². The Morgan fingerprint density at radius 3 is 2.70 bits per heavy atom. The highest BCUT2D eigenvalue weighted by atomic mass is 35.5. The zero-order valence-corrected chi connectivity index (χ0v) is 18.7. The first-order chi connectivity index (χ1) is 15.9. The number of halogens is 2. The minimum Gasteiger partial charge on any atom is -0.497 e. The standard InChI is InChI=1S/C26H19ClFNO4/c1-29-13-16(21-11-18(31-2)6-8-23(21)29)9-25-26(30)20-7-5-19(12-24(20)33-25)32-14-15-3-4-17(28)10-22(15)27/h3-13H,14H2,1-2H3. The van der Waals surface area contributed by atoms with Gasteiger partial charge in [0.15, 0.2) is 5.76 Å². The maximum atomic E-state index is 13.2. The molecule has 0 saturated carbocycles. The third-order valence-corrected chi connectivity index (χ3v) is 5.92. The van der Waals surface area contributed by atoms with E-state index in [-0.39, 0.29) is 18.1 Å². The molecule has 0 fully saturated rings. The molecule has 0 N–H and O–H groups in total. The third-order valence-electron chi connectivity index (χ3n) is 5.56. The highest BCUT2D eigenvalue weighted by molar-refractivity contribution is 6.31. The molecule has 1 aliphatic heterocycles. The van der Waals surface area contributed by atoms with E-state index in [0.29, 0.717) is 27.6 Å². The van der Waals surface area contributed by atoms with E-state index in [1.165, 1.54) is 12.1 Å². The number of carbonyl (C=O) groups is 1. The number of carbonyl (C=O) groups excluding carboxylic acids is 1. The van der Waals surface area contributed by atoms with E-state index in [4.69, 9.17) is 25.8 Å². The quantitative estimate of drug-likeness (QED) is 0.332. The van der Waals surface area contributed by atoms with Crippen molar-refractivity contribution in [3.05, 3.63) is 94.1 Å². The largest absolute Gasteiger partial charge is 0.497 e. The molecule has 0 bridgehead atoms. The number of rotatable bonds is 5. The fraction of sp³-hybridized carbons (Fsp3) is 0.115. The predicted octanol–water partition coefficient (Wildman–Crippen LogP) is 6.17. The lowest BCUT2D eigenvalue weighted by Crippen LogP contribution is -1.98. The second-order valence-corrected chi connectivity index (χ2v) is 8.11. The second kappa shape index (κ2) is 8.30. The maximum absolute atomic E-state index is 13.2. The van der Waals surface area contributed by atoms with E-state index in [2.05, 4.69) is 0 Å². The molecule has 5 rings (SSSR count). The number of aromatic nitrogens is 1. The Hall–Kier alpha value is -3.77. The van der Waals surface area contributed by atoms with Crippen LogP contribution in [0.15, 0.2) is 66.6 Å². The number of hydrogen-bond donors (Lipinski definition) is 0. The van der Waals surface area contributed by atoms with Gasteiger partial charge in [-0.25, -0.2) is 4.39 Å². The van der Waals surface area contributed by atoms with Gasteiger partial charge >= 0.3 is 0 Å². The molecule has 7 heteroatoms. The van der Waals surface area contributed by atoms with Gasteiger partial charge in [-0.2, -0.15) is 0 Å². The summed E-state index contributed by atoms with van der Waals surface area (Å²) in [6.07, 6.45) is 3.68. The number of methoxy groups -OCH3 is 1. The van der Waals surface area contributed by atoms with Crippen LogP contribution in [0, 0.1) is 5.82 Å². The predicted molar refractivity (Wildman–Crippen MR) is 125 cm³/mol. The molecule has 0 spiro atoms. The van der Waals surface area contributed by atoms with Crippen LogP contribution in [-0.2, 0) is 13.7 Å². The van der Waals surface area contributed by atoms with Crippen molar-refractivity contribution in [2.75, 3.05) is 7.11 Å². The number of ketones is 1. The molecule has 3 aromatic carbocycles. The molecular formula is C26H19ClFNO4. The molecule has 0 aliphatic carbocycles. The van der Waals surface area contributed by atoms with E-state index >= 15 is 0 Å². The van der Waals surface area contributed by atoms with Gasteiger partial charge in [0.2, 0.25) is 5.78 Å². The average molecular weight is 464 g/mol. The van der Waals surface area contributed by atoms with Crippen LogP contribution in [0.5, 0.6) is 17.2 Å². The SMILES string of the molecule is COc1ccc2c(c1)c(C=C1Oc3cc(OCc4ccc(F)cc4Cl)ccc3C1=O)cn2C. The number of nitrogens with zero attached hydrogens (tertiary/aromatic N) is 1. The molecule has 5 nitrogen and oxygen atoms in total. The van der Waals surface area contributed by atoms with Crippen LogP contribution in [-0.4, -0.2) is 17.5 Å². The van der Waals surface area contributed by atoms with Crippen molar-refractivity contribution in [3.8, 4) is 17.2 Å².